The Hall–Kier alpha value is -7.23. The van der Waals surface area contributed by atoms with Gasteiger partial charge in [0.25, 0.3) is 0 Å². The molecule has 1 aliphatic rings. The van der Waals surface area contributed by atoms with Gasteiger partial charge in [0.05, 0.1) is 0 Å². The second-order valence-corrected chi connectivity index (χ2v) is 14.0. The molecule has 0 spiro atoms. The minimum absolute atomic E-state index is 0.583. The summed E-state index contributed by atoms with van der Waals surface area (Å²) >= 11 is 0. The smallest absolute Gasteiger partial charge is 0.162 e. The Kier molecular flexibility index (Phi) is 11.0. The maximum absolute atomic E-state index is 5.20. The summed E-state index contributed by atoms with van der Waals surface area (Å²) in [6.45, 7) is 6.42. The normalized spacial score (nSPS) is 15.0. The van der Waals surface area contributed by atoms with Crippen molar-refractivity contribution in [2.24, 2.45) is 15.0 Å². The average molecular weight is 734 g/mol. The first kappa shape index (κ1) is 36.7. The molecule has 7 aromatic rings. The van der Waals surface area contributed by atoms with Gasteiger partial charge in [-0.3, -0.25) is 0 Å². The lowest BCUT2D eigenvalue weighted by molar-refractivity contribution is 1.37. The SMILES string of the molecule is C/C=C\C=C/c1cc2ccc(-c3ccc(-c4c(C5=N\C=C/C=C\C=C\C=NC(c6ccccc6)=N5)ccc(-c5ccccc5C)c4C)cc3)cc2c2ccccc12. The fourth-order valence-corrected chi connectivity index (χ4v) is 7.52. The Balaban J connectivity index is 1.28. The van der Waals surface area contributed by atoms with Crippen LogP contribution in [-0.2, 0) is 0 Å². The summed E-state index contributed by atoms with van der Waals surface area (Å²) in [4.78, 5) is 15.0. The summed E-state index contributed by atoms with van der Waals surface area (Å²) in [5.41, 5.74) is 12.3. The van der Waals surface area contributed by atoms with Gasteiger partial charge < -0.3 is 0 Å². The number of rotatable bonds is 7. The highest BCUT2D eigenvalue weighted by Gasteiger charge is 2.19. The number of aliphatic imine (C=N–C) groups is 3. The van der Waals surface area contributed by atoms with Crippen LogP contribution in [0.2, 0.25) is 0 Å². The number of fused-ring (bicyclic) bond motifs is 3. The van der Waals surface area contributed by atoms with Crippen molar-refractivity contribution in [1.82, 2.24) is 0 Å². The van der Waals surface area contributed by atoms with E-state index in [0.29, 0.717) is 11.7 Å². The molecule has 0 aromatic heterocycles. The van der Waals surface area contributed by atoms with Crippen molar-refractivity contribution < 1.29 is 0 Å². The van der Waals surface area contributed by atoms with Gasteiger partial charge in [-0.1, -0.05) is 164 Å². The van der Waals surface area contributed by atoms with Crippen molar-refractivity contribution in [3.63, 3.8) is 0 Å². The summed E-state index contributed by atoms with van der Waals surface area (Å²) in [7, 11) is 0. The van der Waals surface area contributed by atoms with E-state index in [1.54, 1.807) is 12.4 Å². The van der Waals surface area contributed by atoms with Crippen LogP contribution in [0.15, 0.2) is 209 Å². The van der Waals surface area contributed by atoms with E-state index in [-0.39, 0.29) is 0 Å². The highest BCUT2D eigenvalue weighted by Crippen LogP contribution is 2.38. The van der Waals surface area contributed by atoms with E-state index in [2.05, 4.69) is 147 Å². The minimum Gasteiger partial charge on any atom is -0.237 e. The molecule has 0 saturated heterocycles. The third-order valence-corrected chi connectivity index (χ3v) is 10.4. The molecule has 8 rings (SSSR count). The van der Waals surface area contributed by atoms with Crippen molar-refractivity contribution in [3.05, 3.63) is 222 Å². The first-order valence-corrected chi connectivity index (χ1v) is 19.4. The number of nitrogens with zero attached hydrogens (tertiary/aromatic N) is 3. The first-order chi connectivity index (χ1) is 28.1. The van der Waals surface area contributed by atoms with Crippen molar-refractivity contribution in [2.75, 3.05) is 0 Å². The van der Waals surface area contributed by atoms with Crippen LogP contribution in [0.5, 0.6) is 0 Å². The van der Waals surface area contributed by atoms with Crippen LogP contribution in [0.1, 0.15) is 34.7 Å². The van der Waals surface area contributed by atoms with Gasteiger partial charge in [0.2, 0.25) is 0 Å². The topological polar surface area (TPSA) is 37.1 Å². The molecule has 274 valence electrons. The van der Waals surface area contributed by atoms with Crippen molar-refractivity contribution in [1.29, 1.82) is 0 Å². The van der Waals surface area contributed by atoms with E-state index >= 15 is 0 Å². The Morgan fingerprint density at radius 2 is 1.19 bits per heavy atom. The summed E-state index contributed by atoms with van der Waals surface area (Å²) in [5, 5.41) is 4.96. The van der Waals surface area contributed by atoms with Crippen LogP contribution >= 0.6 is 0 Å². The van der Waals surface area contributed by atoms with E-state index < -0.39 is 0 Å². The molecule has 3 nitrogen and oxygen atoms in total. The maximum atomic E-state index is 5.20. The molecule has 3 heteroatoms. The maximum Gasteiger partial charge on any atom is 0.162 e. The van der Waals surface area contributed by atoms with E-state index in [1.165, 1.54) is 49.4 Å². The zero-order valence-electron chi connectivity index (χ0n) is 32.5. The largest absolute Gasteiger partial charge is 0.237 e. The van der Waals surface area contributed by atoms with Gasteiger partial charge in [-0.15, -0.1) is 0 Å². The Morgan fingerprint density at radius 3 is 2.02 bits per heavy atom. The number of allylic oxidation sites excluding steroid dienone is 8. The predicted molar refractivity (Wildman–Crippen MR) is 247 cm³/mol. The van der Waals surface area contributed by atoms with Crippen LogP contribution < -0.4 is 0 Å². The molecule has 0 radical (unpaired) electrons. The van der Waals surface area contributed by atoms with Crippen LogP contribution in [0.25, 0.3) is 61.0 Å². The molecule has 1 heterocycles. The van der Waals surface area contributed by atoms with Crippen LogP contribution in [-0.4, -0.2) is 17.9 Å². The average Bonchev–Trinajstić information content (AvgIpc) is 3.24. The fraction of sp³-hybridized carbons (Fsp3) is 0.0556. The predicted octanol–water partition coefficient (Wildman–Crippen LogP) is 14.1. The molecule has 0 amide bonds. The zero-order chi connectivity index (χ0) is 39.0. The van der Waals surface area contributed by atoms with Gasteiger partial charge in [0, 0.05) is 23.5 Å². The Morgan fingerprint density at radius 1 is 0.491 bits per heavy atom. The summed E-state index contributed by atoms with van der Waals surface area (Å²) in [6, 6.07) is 49.8. The number of hydrogen-bond acceptors (Lipinski definition) is 3. The molecular weight excluding hydrogens is 691 g/mol. The highest BCUT2D eigenvalue weighted by molar-refractivity contribution is 6.16. The number of hydrogen-bond donors (Lipinski definition) is 0. The molecule has 0 N–H and O–H groups in total. The van der Waals surface area contributed by atoms with Crippen LogP contribution in [0.3, 0.4) is 0 Å². The third-order valence-electron chi connectivity index (χ3n) is 10.4. The van der Waals surface area contributed by atoms with Gasteiger partial charge >= 0.3 is 0 Å². The molecule has 57 heavy (non-hydrogen) atoms. The lowest BCUT2D eigenvalue weighted by Crippen LogP contribution is -2.08. The van der Waals surface area contributed by atoms with Gasteiger partial charge in [-0.05, 0) is 123 Å². The van der Waals surface area contributed by atoms with E-state index in [4.69, 9.17) is 15.0 Å². The summed E-state index contributed by atoms with van der Waals surface area (Å²) in [5.74, 6) is 1.17. The molecular formula is C54H43N3. The van der Waals surface area contributed by atoms with Crippen molar-refractivity contribution in [2.45, 2.75) is 20.8 Å². The van der Waals surface area contributed by atoms with Crippen LogP contribution in [0, 0.1) is 13.8 Å². The number of amidine groups is 2. The number of benzene rings is 7. The highest BCUT2D eigenvalue weighted by atomic mass is 15.0. The Labute approximate surface area is 335 Å². The summed E-state index contributed by atoms with van der Waals surface area (Å²) < 4.78 is 0. The summed E-state index contributed by atoms with van der Waals surface area (Å²) in [6.07, 6.45) is 21.7. The van der Waals surface area contributed by atoms with Gasteiger partial charge in [-0.25, -0.2) is 15.0 Å². The second kappa shape index (κ2) is 17.1. The molecule has 1 aliphatic heterocycles. The standard InChI is InChI=1S/C54H43N3/c1-4-5-10-22-44-36-45-31-30-43(37-51(45)49-25-16-15-24-48(44)49)40-26-28-41(29-27-40)52-39(3)47(46-23-14-13-19-38(46)2)32-33-50(52)54-56-35-18-8-6-7-17-34-55-53(57-54)42-20-11-9-12-21-42/h4-37H,1-3H3/b5-4-,7-6?,8-6-,17-7+,18-8?,22-10-,34-17?,35-18-,55-34?,55-53?,56-35?,56-54?,57-53?,57-54?. The van der Waals surface area contributed by atoms with E-state index in [9.17, 15) is 0 Å². The monoisotopic (exact) mass is 733 g/mol. The van der Waals surface area contributed by atoms with Crippen molar-refractivity contribution in [3.8, 4) is 33.4 Å². The first-order valence-electron chi connectivity index (χ1n) is 19.4. The van der Waals surface area contributed by atoms with Crippen LogP contribution in [0.4, 0.5) is 0 Å². The van der Waals surface area contributed by atoms with E-state index in [0.717, 1.165) is 33.4 Å². The second-order valence-electron chi connectivity index (χ2n) is 14.0. The Bertz CT molecular complexity index is 2840. The lowest BCUT2D eigenvalue weighted by Gasteiger charge is -2.19. The lowest BCUT2D eigenvalue weighted by atomic mass is 9.86. The fourth-order valence-electron chi connectivity index (χ4n) is 7.52. The molecule has 0 fully saturated rings. The van der Waals surface area contributed by atoms with Gasteiger partial charge in [-0.2, -0.15) is 0 Å². The molecule has 7 aromatic carbocycles. The number of aryl methyl sites for hydroxylation is 1. The van der Waals surface area contributed by atoms with Gasteiger partial charge in [0.15, 0.2) is 11.7 Å². The zero-order valence-corrected chi connectivity index (χ0v) is 32.5. The molecule has 0 unspecified atom stereocenters. The molecule has 0 bridgehead atoms. The minimum atomic E-state index is 0.583. The van der Waals surface area contributed by atoms with E-state index in [1.807, 2.05) is 67.6 Å². The molecule has 0 aliphatic carbocycles. The van der Waals surface area contributed by atoms with Crippen molar-refractivity contribution >= 4 is 45.5 Å². The third kappa shape index (κ3) is 7.96. The van der Waals surface area contributed by atoms with Gasteiger partial charge in [0.1, 0.15) is 0 Å². The molecule has 0 saturated carbocycles. The molecule has 0 atom stereocenters. The quantitative estimate of drug-likeness (QED) is 0.116.